The molecule has 6 nitrogen and oxygen atoms in total. The molecule has 2 aliphatic rings. The summed E-state index contributed by atoms with van der Waals surface area (Å²) in [6.45, 7) is 3.41. The second-order valence-electron chi connectivity index (χ2n) is 7.80. The fourth-order valence-electron chi connectivity index (χ4n) is 4.13. The third-order valence-electron chi connectivity index (χ3n) is 5.96. The average molecular weight is 412 g/mol. The van der Waals surface area contributed by atoms with Crippen molar-refractivity contribution in [2.75, 3.05) is 26.2 Å². The summed E-state index contributed by atoms with van der Waals surface area (Å²) in [7, 11) is 0. The van der Waals surface area contributed by atoms with Gasteiger partial charge in [-0.2, -0.15) is 0 Å². The van der Waals surface area contributed by atoms with Crippen molar-refractivity contribution in [1.29, 1.82) is 0 Å². The molecule has 0 radical (unpaired) electrons. The van der Waals surface area contributed by atoms with E-state index >= 15 is 0 Å². The lowest BCUT2D eigenvalue weighted by atomic mass is 9.94. The molecule has 1 saturated heterocycles. The van der Waals surface area contributed by atoms with Gasteiger partial charge in [-0.05, 0) is 30.5 Å². The Labute approximate surface area is 171 Å². The van der Waals surface area contributed by atoms with Crippen LogP contribution in [0.25, 0.3) is 4.96 Å². The van der Waals surface area contributed by atoms with E-state index in [1.54, 1.807) is 28.8 Å². The van der Waals surface area contributed by atoms with E-state index in [1.807, 2.05) is 10.3 Å². The van der Waals surface area contributed by atoms with E-state index in [9.17, 15) is 14.0 Å². The zero-order chi connectivity index (χ0) is 20.0. The first-order valence-electron chi connectivity index (χ1n) is 9.79. The summed E-state index contributed by atoms with van der Waals surface area (Å²) in [5.74, 6) is -0.125. The molecule has 0 N–H and O–H groups in total. The summed E-state index contributed by atoms with van der Waals surface area (Å²) in [6, 6.07) is 7.93. The average Bonchev–Trinajstić information content (AvgIpc) is 3.39. The minimum Gasteiger partial charge on any atom is -0.339 e. The second kappa shape index (κ2) is 7.03. The monoisotopic (exact) mass is 412 g/mol. The Morgan fingerprint density at radius 2 is 1.86 bits per heavy atom. The van der Waals surface area contributed by atoms with Crippen LogP contribution in [-0.4, -0.2) is 51.3 Å². The van der Waals surface area contributed by atoms with E-state index in [0.717, 1.165) is 37.2 Å². The molecule has 1 saturated carbocycles. The number of carbonyl (C=O) groups is 1. The van der Waals surface area contributed by atoms with Gasteiger partial charge in [-0.25, -0.2) is 9.37 Å². The predicted molar refractivity (Wildman–Crippen MR) is 109 cm³/mol. The Morgan fingerprint density at radius 1 is 1.14 bits per heavy atom. The third kappa shape index (κ3) is 3.36. The molecule has 1 aliphatic heterocycles. The lowest BCUT2D eigenvalue weighted by Crippen LogP contribution is -2.51. The maximum absolute atomic E-state index is 13.2. The number of thiazole rings is 1. The van der Waals surface area contributed by atoms with E-state index in [4.69, 9.17) is 0 Å². The summed E-state index contributed by atoms with van der Waals surface area (Å²) in [6.07, 6.45) is 3.39. The Bertz CT molecular complexity index is 1110. The van der Waals surface area contributed by atoms with E-state index in [2.05, 4.69) is 9.88 Å². The first kappa shape index (κ1) is 18.4. The van der Waals surface area contributed by atoms with Crippen LogP contribution < -0.4 is 5.56 Å². The highest BCUT2D eigenvalue weighted by atomic mass is 32.1. The number of aromatic nitrogens is 2. The van der Waals surface area contributed by atoms with Gasteiger partial charge in [0.2, 0.25) is 5.91 Å². The normalized spacial score (nSPS) is 18.9. The summed E-state index contributed by atoms with van der Waals surface area (Å²) < 4.78 is 14.8. The number of hydrogen-bond acceptors (Lipinski definition) is 5. The SMILES string of the molecule is O=C(N1CCN(Cc2cc(=O)n3ccsc3n2)CC1)C1(c2ccc(F)cc2)CC1. The number of hydrogen-bond donors (Lipinski definition) is 0. The largest absolute Gasteiger partial charge is 0.339 e. The minimum atomic E-state index is -0.462. The van der Waals surface area contributed by atoms with Crippen LogP contribution in [0.4, 0.5) is 4.39 Å². The van der Waals surface area contributed by atoms with Gasteiger partial charge in [-0.1, -0.05) is 12.1 Å². The molecule has 2 aromatic heterocycles. The van der Waals surface area contributed by atoms with E-state index < -0.39 is 5.41 Å². The molecule has 1 amide bonds. The molecule has 1 aliphatic carbocycles. The van der Waals surface area contributed by atoms with Gasteiger partial charge in [0, 0.05) is 50.4 Å². The van der Waals surface area contributed by atoms with E-state index in [1.165, 1.54) is 23.5 Å². The molecule has 5 rings (SSSR count). The molecular weight excluding hydrogens is 391 g/mol. The molecule has 0 spiro atoms. The molecule has 0 unspecified atom stereocenters. The first-order valence-corrected chi connectivity index (χ1v) is 10.7. The van der Waals surface area contributed by atoms with Crippen molar-refractivity contribution < 1.29 is 9.18 Å². The molecule has 3 aromatic rings. The summed E-state index contributed by atoms with van der Waals surface area (Å²) in [5.41, 5.74) is 1.16. The van der Waals surface area contributed by atoms with Crippen LogP contribution in [0.5, 0.6) is 0 Å². The van der Waals surface area contributed by atoms with Crippen LogP contribution in [0.2, 0.25) is 0 Å². The summed E-state index contributed by atoms with van der Waals surface area (Å²) >= 11 is 1.45. The first-order chi connectivity index (χ1) is 14.0. The van der Waals surface area contributed by atoms with Crippen LogP contribution in [0.1, 0.15) is 24.1 Å². The van der Waals surface area contributed by atoms with Gasteiger partial charge in [-0.15, -0.1) is 11.3 Å². The van der Waals surface area contributed by atoms with Crippen LogP contribution in [0.15, 0.2) is 46.7 Å². The highest BCUT2D eigenvalue weighted by Crippen LogP contribution is 2.49. The van der Waals surface area contributed by atoms with Crippen LogP contribution in [-0.2, 0) is 16.8 Å². The van der Waals surface area contributed by atoms with Crippen molar-refractivity contribution in [3.05, 3.63) is 69.3 Å². The smallest absolute Gasteiger partial charge is 0.258 e. The zero-order valence-electron chi connectivity index (χ0n) is 15.9. The summed E-state index contributed by atoms with van der Waals surface area (Å²) in [4.78, 5) is 34.7. The zero-order valence-corrected chi connectivity index (χ0v) is 16.7. The molecule has 8 heteroatoms. The van der Waals surface area contributed by atoms with Gasteiger partial charge in [0.1, 0.15) is 5.82 Å². The Morgan fingerprint density at radius 3 is 2.55 bits per heavy atom. The highest BCUT2D eigenvalue weighted by Gasteiger charge is 2.53. The Kier molecular flexibility index (Phi) is 4.48. The van der Waals surface area contributed by atoms with E-state index in [0.29, 0.717) is 24.6 Å². The number of amides is 1. The van der Waals surface area contributed by atoms with Gasteiger partial charge < -0.3 is 4.90 Å². The number of carbonyl (C=O) groups excluding carboxylic acids is 1. The molecule has 2 fully saturated rings. The number of piperazine rings is 1. The van der Waals surface area contributed by atoms with Gasteiger partial charge in [-0.3, -0.25) is 18.9 Å². The van der Waals surface area contributed by atoms with Crippen molar-refractivity contribution in [2.45, 2.75) is 24.8 Å². The van der Waals surface area contributed by atoms with Crippen LogP contribution >= 0.6 is 11.3 Å². The topological polar surface area (TPSA) is 57.9 Å². The van der Waals surface area contributed by atoms with Gasteiger partial charge >= 0.3 is 0 Å². The van der Waals surface area contributed by atoms with E-state index in [-0.39, 0.29) is 17.3 Å². The standard InChI is InChI=1S/C21H21FN4O2S/c22-16-3-1-15(2-4-16)21(5-6-21)19(28)25-9-7-24(8-10-25)14-17-13-18(27)26-11-12-29-20(26)23-17/h1-4,11-13H,5-10,14H2. The second-order valence-corrected chi connectivity index (χ2v) is 8.67. The van der Waals surface area contributed by atoms with Crippen molar-refractivity contribution in [1.82, 2.24) is 19.2 Å². The molecule has 29 heavy (non-hydrogen) atoms. The number of benzene rings is 1. The van der Waals surface area contributed by atoms with Crippen LogP contribution in [0, 0.1) is 5.82 Å². The summed E-state index contributed by atoms with van der Waals surface area (Å²) in [5, 5.41) is 1.85. The number of halogens is 1. The molecule has 0 bridgehead atoms. The predicted octanol–water partition coefficient (Wildman–Crippen LogP) is 2.27. The van der Waals surface area contributed by atoms with Crippen molar-refractivity contribution >= 4 is 22.2 Å². The number of rotatable bonds is 4. The minimum absolute atomic E-state index is 0.0602. The maximum atomic E-state index is 13.2. The molecular formula is C21H21FN4O2S. The molecule has 3 heterocycles. The highest BCUT2D eigenvalue weighted by molar-refractivity contribution is 7.15. The lowest BCUT2D eigenvalue weighted by molar-refractivity contribution is -0.135. The Balaban J connectivity index is 1.24. The molecule has 150 valence electrons. The molecule has 0 atom stereocenters. The van der Waals surface area contributed by atoms with Crippen molar-refractivity contribution in [3.63, 3.8) is 0 Å². The maximum Gasteiger partial charge on any atom is 0.258 e. The Hall–Kier alpha value is -2.58. The number of nitrogens with zero attached hydrogens (tertiary/aromatic N) is 4. The van der Waals surface area contributed by atoms with Crippen LogP contribution in [0.3, 0.4) is 0 Å². The lowest BCUT2D eigenvalue weighted by Gasteiger charge is -2.36. The van der Waals surface area contributed by atoms with Gasteiger partial charge in [0.15, 0.2) is 4.96 Å². The van der Waals surface area contributed by atoms with Gasteiger partial charge in [0.05, 0.1) is 11.1 Å². The van der Waals surface area contributed by atoms with Gasteiger partial charge in [0.25, 0.3) is 5.56 Å². The molecule has 1 aromatic carbocycles. The third-order valence-corrected chi connectivity index (χ3v) is 6.71. The van der Waals surface area contributed by atoms with Crippen molar-refractivity contribution in [2.24, 2.45) is 0 Å². The quantitative estimate of drug-likeness (QED) is 0.660. The van der Waals surface area contributed by atoms with Crippen molar-refractivity contribution in [3.8, 4) is 0 Å². The fraction of sp³-hybridized carbons (Fsp3) is 0.381. The number of fused-ring (bicyclic) bond motifs is 1. The fourth-order valence-corrected chi connectivity index (χ4v) is 4.87.